The molecule has 2 N–H and O–H groups in total. The number of halogens is 1. The number of carbonyl (C=O) groups is 1. The van der Waals surface area contributed by atoms with E-state index in [4.69, 9.17) is 22.1 Å². The summed E-state index contributed by atoms with van der Waals surface area (Å²) in [6.07, 6.45) is 3.44. The van der Waals surface area contributed by atoms with Crippen LogP contribution in [-0.4, -0.2) is 23.8 Å². The number of nitrogens with zero attached hydrogens (tertiary/aromatic N) is 1. The lowest BCUT2D eigenvalue weighted by Gasteiger charge is -2.30. The van der Waals surface area contributed by atoms with Gasteiger partial charge in [0.1, 0.15) is 11.9 Å². The van der Waals surface area contributed by atoms with Crippen molar-refractivity contribution in [1.82, 2.24) is 0 Å². The van der Waals surface area contributed by atoms with Crippen molar-refractivity contribution in [3.63, 3.8) is 0 Å². The average Bonchev–Trinajstić information content (AvgIpc) is 3.09. The van der Waals surface area contributed by atoms with Crippen molar-refractivity contribution in [3.8, 4) is 5.75 Å². The molecule has 0 bridgehead atoms. The second-order valence-electron chi connectivity index (χ2n) is 7.27. The van der Waals surface area contributed by atoms with E-state index in [0.29, 0.717) is 17.2 Å². The molecular formula is C22H27ClN2O2S. The predicted octanol–water partition coefficient (Wildman–Crippen LogP) is 5.01. The van der Waals surface area contributed by atoms with Crippen molar-refractivity contribution in [2.45, 2.75) is 50.8 Å². The van der Waals surface area contributed by atoms with Crippen LogP contribution in [0, 0.1) is 0 Å². The Morgan fingerprint density at radius 2 is 1.89 bits per heavy atom. The predicted molar refractivity (Wildman–Crippen MR) is 119 cm³/mol. The van der Waals surface area contributed by atoms with Gasteiger partial charge in [-0.1, -0.05) is 23.7 Å². The van der Waals surface area contributed by atoms with Crippen LogP contribution in [-0.2, 0) is 4.79 Å². The zero-order chi connectivity index (χ0) is 20.1. The summed E-state index contributed by atoms with van der Waals surface area (Å²) in [6, 6.07) is 15.4. The Morgan fingerprint density at radius 1 is 1.21 bits per heavy atom. The van der Waals surface area contributed by atoms with Crippen molar-refractivity contribution in [2.75, 3.05) is 10.7 Å². The lowest BCUT2D eigenvalue weighted by atomic mass is 10.1. The number of carbonyl (C=O) groups excluding carboxylic acids is 1. The Hall–Kier alpha value is -1.69. The Balaban J connectivity index is 1.79. The van der Waals surface area contributed by atoms with E-state index < -0.39 is 0 Å². The van der Waals surface area contributed by atoms with Gasteiger partial charge in [0.25, 0.3) is 0 Å². The molecule has 150 valence electrons. The van der Waals surface area contributed by atoms with Crippen LogP contribution in [0.25, 0.3) is 0 Å². The van der Waals surface area contributed by atoms with Crippen LogP contribution < -0.4 is 15.4 Å². The number of amides is 1. The maximum atomic E-state index is 12.8. The molecule has 0 aliphatic heterocycles. The van der Waals surface area contributed by atoms with Gasteiger partial charge in [-0.15, -0.1) is 0 Å². The van der Waals surface area contributed by atoms with Gasteiger partial charge < -0.3 is 15.4 Å². The van der Waals surface area contributed by atoms with E-state index in [9.17, 15) is 4.79 Å². The Morgan fingerprint density at radius 3 is 2.46 bits per heavy atom. The van der Waals surface area contributed by atoms with Gasteiger partial charge in [0.15, 0.2) is 0 Å². The van der Waals surface area contributed by atoms with Gasteiger partial charge in [0.2, 0.25) is 5.91 Å². The molecule has 1 amide bonds. The SMILES string of the molecule is C[C@@H](c1ccc(Cl)cc1)N(C(=O)CCS)c1ccc(O[C@@H]2CC[C@@H](N)C2)cc1. The summed E-state index contributed by atoms with van der Waals surface area (Å²) in [5.41, 5.74) is 7.83. The maximum Gasteiger partial charge on any atom is 0.228 e. The summed E-state index contributed by atoms with van der Waals surface area (Å²) in [7, 11) is 0. The summed E-state index contributed by atoms with van der Waals surface area (Å²) < 4.78 is 6.04. The molecule has 28 heavy (non-hydrogen) atoms. The lowest BCUT2D eigenvalue weighted by Crippen LogP contribution is -2.33. The average molecular weight is 419 g/mol. The number of ether oxygens (including phenoxy) is 1. The molecule has 3 rings (SSSR count). The molecule has 6 heteroatoms. The third-order valence-corrected chi connectivity index (χ3v) is 5.65. The van der Waals surface area contributed by atoms with Gasteiger partial charge in [0.05, 0.1) is 6.04 Å². The van der Waals surface area contributed by atoms with Crippen molar-refractivity contribution >= 4 is 35.8 Å². The molecule has 1 fully saturated rings. The van der Waals surface area contributed by atoms with Crippen LogP contribution in [0.1, 0.15) is 44.2 Å². The summed E-state index contributed by atoms with van der Waals surface area (Å²) in [5, 5.41) is 0.678. The van der Waals surface area contributed by atoms with E-state index in [1.165, 1.54) is 0 Å². The van der Waals surface area contributed by atoms with E-state index in [1.807, 2.05) is 60.4 Å². The van der Waals surface area contributed by atoms with Crippen molar-refractivity contribution in [3.05, 3.63) is 59.1 Å². The quantitative estimate of drug-likeness (QED) is 0.621. The highest BCUT2D eigenvalue weighted by Gasteiger charge is 2.25. The standard InChI is InChI=1S/C22H27ClN2O2S/c1-15(16-2-4-17(23)5-3-16)25(22(26)12-13-28)19-7-10-20(11-8-19)27-21-9-6-18(24)14-21/h2-5,7-8,10-11,15,18,21,28H,6,9,12-14,24H2,1H3/t15-,18+,21+/m0/s1. The molecule has 1 aliphatic rings. The highest BCUT2D eigenvalue weighted by atomic mass is 35.5. The van der Waals surface area contributed by atoms with Crippen molar-refractivity contribution in [2.24, 2.45) is 5.73 Å². The van der Waals surface area contributed by atoms with Crippen LogP contribution in [0.4, 0.5) is 5.69 Å². The zero-order valence-electron chi connectivity index (χ0n) is 16.1. The van der Waals surface area contributed by atoms with Crippen LogP contribution in [0.3, 0.4) is 0 Å². The molecule has 4 nitrogen and oxygen atoms in total. The third-order valence-electron chi connectivity index (χ3n) is 5.18. The van der Waals surface area contributed by atoms with E-state index in [0.717, 1.165) is 36.3 Å². The number of anilines is 1. The molecule has 1 saturated carbocycles. The third kappa shape index (κ3) is 5.22. The second-order valence-corrected chi connectivity index (χ2v) is 8.16. The normalized spacial score (nSPS) is 20.0. The van der Waals surface area contributed by atoms with Gasteiger partial charge in [-0.3, -0.25) is 4.79 Å². The van der Waals surface area contributed by atoms with Gasteiger partial charge in [-0.2, -0.15) is 12.6 Å². The fourth-order valence-corrected chi connectivity index (χ4v) is 3.97. The molecular weight excluding hydrogens is 392 g/mol. The highest BCUT2D eigenvalue weighted by Crippen LogP contribution is 2.31. The zero-order valence-corrected chi connectivity index (χ0v) is 17.7. The smallest absolute Gasteiger partial charge is 0.228 e. The number of nitrogens with two attached hydrogens (primary N) is 1. The fraction of sp³-hybridized carbons (Fsp3) is 0.409. The minimum atomic E-state index is -0.121. The Kier molecular flexibility index (Phi) is 7.27. The molecule has 0 saturated heterocycles. The highest BCUT2D eigenvalue weighted by molar-refractivity contribution is 7.80. The van der Waals surface area contributed by atoms with E-state index in [1.54, 1.807) is 0 Å². The Bertz CT molecular complexity index is 782. The van der Waals surface area contributed by atoms with E-state index in [-0.39, 0.29) is 24.1 Å². The number of hydrogen-bond acceptors (Lipinski definition) is 4. The largest absolute Gasteiger partial charge is 0.490 e. The molecule has 3 atom stereocenters. The van der Waals surface area contributed by atoms with Crippen LogP contribution in [0.2, 0.25) is 5.02 Å². The van der Waals surface area contributed by atoms with Crippen molar-refractivity contribution < 1.29 is 9.53 Å². The van der Waals surface area contributed by atoms with Gasteiger partial charge in [-0.05, 0) is 73.9 Å². The maximum absolute atomic E-state index is 12.8. The van der Waals surface area contributed by atoms with Gasteiger partial charge in [0, 0.05) is 23.2 Å². The first-order chi connectivity index (χ1) is 13.5. The number of rotatable bonds is 7. The first-order valence-corrected chi connectivity index (χ1v) is 10.7. The molecule has 0 heterocycles. The summed E-state index contributed by atoms with van der Waals surface area (Å²) >= 11 is 10.2. The van der Waals surface area contributed by atoms with Gasteiger partial charge >= 0.3 is 0 Å². The number of benzene rings is 2. The molecule has 0 aromatic heterocycles. The van der Waals surface area contributed by atoms with Crippen LogP contribution in [0.15, 0.2) is 48.5 Å². The molecule has 0 radical (unpaired) electrons. The minimum Gasteiger partial charge on any atom is -0.490 e. The molecule has 0 unspecified atom stereocenters. The van der Waals surface area contributed by atoms with Crippen LogP contribution in [0.5, 0.6) is 5.75 Å². The first kappa shape index (κ1) is 21.0. The Labute approximate surface area is 177 Å². The van der Waals surface area contributed by atoms with Crippen molar-refractivity contribution in [1.29, 1.82) is 0 Å². The first-order valence-electron chi connectivity index (χ1n) is 9.68. The minimum absolute atomic E-state index is 0.0351. The summed E-state index contributed by atoms with van der Waals surface area (Å²) in [6.45, 7) is 2.02. The lowest BCUT2D eigenvalue weighted by molar-refractivity contribution is -0.118. The van der Waals surface area contributed by atoms with E-state index in [2.05, 4.69) is 12.6 Å². The number of hydrogen-bond donors (Lipinski definition) is 2. The molecule has 2 aromatic rings. The van der Waals surface area contributed by atoms with E-state index >= 15 is 0 Å². The number of thiol groups is 1. The second kappa shape index (κ2) is 9.68. The topological polar surface area (TPSA) is 55.6 Å². The fourth-order valence-electron chi connectivity index (χ4n) is 3.65. The molecule has 2 aromatic carbocycles. The monoisotopic (exact) mass is 418 g/mol. The summed E-state index contributed by atoms with van der Waals surface area (Å²) in [4.78, 5) is 14.6. The van der Waals surface area contributed by atoms with Gasteiger partial charge in [-0.25, -0.2) is 0 Å². The molecule has 0 spiro atoms. The summed E-state index contributed by atoms with van der Waals surface area (Å²) in [5.74, 6) is 1.35. The van der Waals surface area contributed by atoms with Crippen LogP contribution >= 0.6 is 24.2 Å². The molecule has 1 aliphatic carbocycles.